The number of carbonyl (C=O) groups is 1. The van der Waals surface area contributed by atoms with Crippen LogP contribution in [0.15, 0.2) is 31.4 Å². The number of aryl methyl sites for hydroxylation is 1. The van der Waals surface area contributed by atoms with Crippen molar-refractivity contribution in [2.75, 3.05) is 33.7 Å². The number of phenols is 1. The number of fused-ring (bicyclic) bond motifs is 9. The van der Waals surface area contributed by atoms with Crippen LogP contribution in [0.3, 0.4) is 0 Å². The Morgan fingerprint density at radius 1 is 1.16 bits per heavy atom. The molecule has 3 N–H and O–H groups in total. The summed E-state index contributed by atoms with van der Waals surface area (Å²) >= 11 is 0. The van der Waals surface area contributed by atoms with Crippen LogP contribution in [-0.2, 0) is 11.2 Å². The van der Waals surface area contributed by atoms with Crippen molar-refractivity contribution < 1.29 is 43.8 Å². The zero-order valence-electron chi connectivity index (χ0n) is 24.8. The van der Waals surface area contributed by atoms with E-state index in [1.807, 2.05) is 13.0 Å². The number of hydrogen-bond acceptors (Lipinski definition) is 11. The fraction of sp³-hybridized carbons (Fsp3) is 0.438. The predicted octanol–water partition coefficient (Wildman–Crippen LogP) is 3.26. The highest BCUT2D eigenvalue weighted by atomic mass is 16.7. The normalized spacial score (nSPS) is 26.0. The molecule has 2 bridgehead atoms. The van der Waals surface area contributed by atoms with Crippen molar-refractivity contribution in [3.05, 3.63) is 64.8 Å². The quantitative estimate of drug-likeness (QED) is 0.399. The molecule has 12 heteroatoms. The maximum absolute atomic E-state index is 13.9. The van der Waals surface area contributed by atoms with Crippen LogP contribution in [0.5, 0.6) is 28.7 Å². The van der Waals surface area contributed by atoms with Crippen molar-refractivity contribution in [1.29, 1.82) is 5.26 Å². The van der Waals surface area contributed by atoms with E-state index < -0.39 is 49.0 Å². The summed E-state index contributed by atoms with van der Waals surface area (Å²) in [5, 5.41) is 45.4. The lowest BCUT2D eigenvalue weighted by Gasteiger charge is -2.60. The largest absolute Gasteiger partial charge is 0.507 e. The molecular formula is C32H35N3O9. The highest BCUT2D eigenvalue weighted by Gasteiger charge is 2.62. The maximum Gasteiger partial charge on any atom is 0.411 e. The predicted molar refractivity (Wildman–Crippen MR) is 156 cm³/mol. The van der Waals surface area contributed by atoms with Crippen LogP contribution >= 0.6 is 0 Å². The number of phenolic OH excluding ortho intramolecular Hbond substituents is 1. The van der Waals surface area contributed by atoms with Gasteiger partial charge in [0.2, 0.25) is 6.79 Å². The molecule has 1 amide bonds. The molecule has 4 aliphatic heterocycles. The standard InChI is InChI=1S/C32H35N3O9/c1-6-8-41-30-21-17(10-15(3)28(30)40-5)11-18-19(12-33)34-20(13-36)22-23(26(37)16(4)29-31(22)44-14-43-29)27(38)25(34)24(21)35(18)32(39)42-9-7-2/h6-7,10,18-20,24-25,27,36-38H,1-2,8-9,11,13-14H2,3-5H3/t18-,19-,20-,24?,25+,27-/m0/s1. The van der Waals surface area contributed by atoms with Gasteiger partial charge in [0.25, 0.3) is 0 Å². The van der Waals surface area contributed by atoms with Crippen molar-refractivity contribution in [3.63, 3.8) is 0 Å². The van der Waals surface area contributed by atoms with Crippen LogP contribution in [0.2, 0.25) is 0 Å². The van der Waals surface area contributed by atoms with Crippen molar-refractivity contribution in [3.8, 4) is 34.8 Å². The van der Waals surface area contributed by atoms with Gasteiger partial charge < -0.3 is 39.0 Å². The average molecular weight is 606 g/mol. The smallest absolute Gasteiger partial charge is 0.411 e. The molecule has 4 aliphatic rings. The molecule has 0 saturated carbocycles. The van der Waals surface area contributed by atoms with Crippen LogP contribution in [0.1, 0.15) is 51.6 Å². The van der Waals surface area contributed by atoms with E-state index in [1.165, 1.54) is 18.1 Å². The van der Waals surface area contributed by atoms with E-state index in [0.717, 1.165) is 11.1 Å². The van der Waals surface area contributed by atoms with Gasteiger partial charge in [-0.2, -0.15) is 5.26 Å². The number of carbonyl (C=O) groups excluding carboxylic acids is 1. The van der Waals surface area contributed by atoms with Crippen molar-refractivity contribution in [2.24, 2.45) is 0 Å². The van der Waals surface area contributed by atoms with E-state index in [4.69, 9.17) is 23.7 Å². The van der Waals surface area contributed by atoms with E-state index >= 15 is 0 Å². The molecule has 2 aromatic rings. The van der Waals surface area contributed by atoms with Gasteiger partial charge in [-0.1, -0.05) is 31.4 Å². The van der Waals surface area contributed by atoms with Crippen molar-refractivity contribution in [2.45, 2.75) is 56.6 Å². The van der Waals surface area contributed by atoms with E-state index in [1.54, 1.807) is 17.9 Å². The second-order valence-corrected chi connectivity index (χ2v) is 11.2. The summed E-state index contributed by atoms with van der Waals surface area (Å²) in [4.78, 5) is 17.1. The van der Waals surface area contributed by atoms with Crippen molar-refractivity contribution in [1.82, 2.24) is 9.80 Å². The average Bonchev–Trinajstić information content (AvgIpc) is 3.51. The fourth-order valence-electron chi connectivity index (χ4n) is 7.50. The first-order chi connectivity index (χ1) is 21.2. The molecule has 232 valence electrons. The van der Waals surface area contributed by atoms with Crippen LogP contribution < -0.4 is 18.9 Å². The first-order valence-electron chi connectivity index (χ1n) is 14.4. The number of hydrogen-bond donors (Lipinski definition) is 3. The Bertz CT molecular complexity index is 1580. The van der Waals surface area contributed by atoms with E-state index in [-0.39, 0.29) is 37.7 Å². The Balaban J connectivity index is 1.67. The Hall–Kier alpha value is -4.44. The molecule has 1 unspecified atom stereocenters. The summed E-state index contributed by atoms with van der Waals surface area (Å²) in [7, 11) is 1.52. The number of amides is 1. The molecule has 0 radical (unpaired) electrons. The summed E-state index contributed by atoms with van der Waals surface area (Å²) in [5.74, 6) is 1.22. The molecule has 1 fully saturated rings. The lowest BCUT2D eigenvalue weighted by atomic mass is 9.70. The zero-order valence-corrected chi connectivity index (χ0v) is 24.8. The molecular weight excluding hydrogens is 570 g/mol. The topological polar surface area (TPSA) is 154 Å². The number of aliphatic hydroxyl groups is 2. The fourth-order valence-corrected chi connectivity index (χ4v) is 7.50. The summed E-state index contributed by atoms with van der Waals surface area (Å²) in [6, 6.07) is -0.331. The SMILES string of the molecule is C=CCOC(=O)N1C2c3c(cc(C)c(OC)c3OCC=C)C[C@H]1[C@H](C#N)N1[C@H]2[C@@H](O)c2c(O)c(C)c3c(c2[C@@H]1CO)OCO3. The Labute approximate surface area is 254 Å². The Morgan fingerprint density at radius 2 is 1.89 bits per heavy atom. The monoisotopic (exact) mass is 605 g/mol. The van der Waals surface area contributed by atoms with Gasteiger partial charge in [-0.05, 0) is 31.4 Å². The molecule has 44 heavy (non-hydrogen) atoms. The molecule has 0 aliphatic carbocycles. The molecule has 1 saturated heterocycles. The van der Waals surface area contributed by atoms with E-state index in [9.17, 15) is 25.4 Å². The van der Waals surface area contributed by atoms with Gasteiger partial charge in [-0.15, -0.1) is 0 Å². The number of rotatable bonds is 7. The van der Waals surface area contributed by atoms with Gasteiger partial charge in [-0.3, -0.25) is 9.80 Å². The Kier molecular flexibility index (Phi) is 7.57. The molecule has 6 rings (SSSR count). The van der Waals surface area contributed by atoms with Crippen molar-refractivity contribution >= 4 is 6.09 Å². The number of aromatic hydroxyl groups is 1. The second-order valence-electron chi connectivity index (χ2n) is 11.2. The minimum absolute atomic E-state index is 0.0710. The third-order valence-corrected chi connectivity index (χ3v) is 9.08. The highest BCUT2D eigenvalue weighted by Crippen LogP contribution is 2.61. The third kappa shape index (κ3) is 4.03. The van der Waals surface area contributed by atoms with Crippen LogP contribution in [0.25, 0.3) is 0 Å². The van der Waals surface area contributed by atoms with Crippen LogP contribution in [0, 0.1) is 25.2 Å². The summed E-state index contributed by atoms with van der Waals surface area (Å²) in [6.07, 6.45) is 1.13. The van der Waals surface area contributed by atoms with Gasteiger partial charge in [0.1, 0.15) is 31.1 Å². The van der Waals surface area contributed by atoms with Crippen LogP contribution in [0.4, 0.5) is 4.79 Å². The molecule has 2 aromatic carbocycles. The molecule has 12 nitrogen and oxygen atoms in total. The minimum atomic E-state index is -1.46. The number of nitriles is 1. The van der Waals surface area contributed by atoms with E-state index in [2.05, 4.69) is 19.2 Å². The Morgan fingerprint density at radius 3 is 2.55 bits per heavy atom. The van der Waals surface area contributed by atoms with Gasteiger partial charge >= 0.3 is 6.09 Å². The molecule has 0 spiro atoms. The minimum Gasteiger partial charge on any atom is -0.507 e. The summed E-state index contributed by atoms with van der Waals surface area (Å²) in [5.41, 5.74) is 3.03. The number of piperazine rings is 1. The van der Waals surface area contributed by atoms with Gasteiger partial charge in [0.15, 0.2) is 23.0 Å². The maximum atomic E-state index is 13.9. The number of aliphatic hydroxyl groups excluding tert-OH is 2. The molecule has 6 atom stereocenters. The number of ether oxygens (including phenoxy) is 5. The third-order valence-electron chi connectivity index (χ3n) is 9.08. The molecule has 0 aromatic heterocycles. The number of nitrogens with zero attached hydrogens (tertiary/aromatic N) is 3. The second kappa shape index (κ2) is 11.2. The van der Waals surface area contributed by atoms with Gasteiger partial charge in [0, 0.05) is 22.3 Å². The van der Waals surface area contributed by atoms with Crippen LogP contribution in [-0.4, -0.2) is 83.1 Å². The lowest BCUT2D eigenvalue weighted by Crippen LogP contribution is -2.71. The highest BCUT2D eigenvalue weighted by molar-refractivity contribution is 5.73. The van der Waals surface area contributed by atoms with Gasteiger partial charge in [-0.25, -0.2) is 4.79 Å². The molecule has 4 heterocycles. The first-order valence-corrected chi connectivity index (χ1v) is 14.4. The first kappa shape index (κ1) is 29.6. The lowest BCUT2D eigenvalue weighted by molar-refractivity contribution is -0.126. The zero-order chi connectivity index (χ0) is 31.4. The van der Waals surface area contributed by atoms with E-state index in [0.29, 0.717) is 39.7 Å². The summed E-state index contributed by atoms with van der Waals surface area (Å²) in [6.45, 7) is 10.4. The van der Waals surface area contributed by atoms with Gasteiger partial charge in [0.05, 0.1) is 44.0 Å². The number of methoxy groups -OCH3 is 1. The summed E-state index contributed by atoms with van der Waals surface area (Å²) < 4.78 is 29.0. The number of benzene rings is 2.